The summed E-state index contributed by atoms with van der Waals surface area (Å²) in [4.78, 5) is 19.3. The minimum atomic E-state index is -0.449. The molecule has 0 aliphatic carbocycles. The maximum Gasteiger partial charge on any atom is 0.269 e. The molecule has 0 radical (unpaired) electrons. The third-order valence-electron chi connectivity index (χ3n) is 4.08. The van der Waals surface area contributed by atoms with Crippen LogP contribution in [0.2, 0.25) is 0 Å². The third kappa shape index (κ3) is 3.56. The van der Waals surface area contributed by atoms with E-state index in [1.165, 1.54) is 23.9 Å². The number of aryl methyl sites for hydroxylation is 1. The molecule has 28 heavy (non-hydrogen) atoms. The van der Waals surface area contributed by atoms with Crippen molar-refractivity contribution in [3.8, 4) is 11.5 Å². The van der Waals surface area contributed by atoms with Gasteiger partial charge in [0, 0.05) is 23.1 Å². The van der Waals surface area contributed by atoms with Crippen LogP contribution in [0, 0.1) is 17.0 Å². The van der Waals surface area contributed by atoms with Crippen LogP contribution in [-0.4, -0.2) is 25.1 Å². The molecule has 0 aliphatic heterocycles. The van der Waals surface area contributed by atoms with Crippen LogP contribution in [0.1, 0.15) is 23.9 Å². The monoisotopic (exact) mass is 393 g/mol. The number of rotatable bonds is 5. The van der Waals surface area contributed by atoms with Crippen molar-refractivity contribution in [2.24, 2.45) is 0 Å². The van der Waals surface area contributed by atoms with Crippen molar-refractivity contribution in [1.29, 1.82) is 0 Å². The Hall–Kier alpha value is -3.33. The number of hydrogen-bond donors (Lipinski definition) is 0. The number of para-hydroxylation sites is 1. The highest BCUT2D eigenvalue weighted by molar-refractivity contribution is 7.99. The second-order valence-corrected chi connectivity index (χ2v) is 7.43. The second kappa shape index (κ2) is 7.35. The molecular weight excluding hydrogens is 378 g/mol. The number of nitro groups is 1. The molecule has 2 heterocycles. The van der Waals surface area contributed by atoms with Gasteiger partial charge in [0.1, 0.15) is 10.9 Å². The summed E-state index contributed by atoms with van der Waals surface area (Å²) in [7, 11) is 0. The van der Waals surface area contributed by atoms with Crippen molar-refractivity contribution in [2.75, 3.05) is 0 Å². The van der Waals surface area contributed by atoms with Crippen LogP contribution < -0.4 is 0 Å². The van der Waals surface area contributed by atoms with E-state index in [1.54, 1.807) is 12.1 Å². The zero-order valence-corrected chi connectivity index (χ0v) is 15.9. The fourth-order valence-electron chi connectivity index (χ4n) is 2.71. The van der Waals surface area contributed by atoms with E-state index in [1.807, 2.05) is 38.1 Å². The molecule has 0 spiro atoms. The minimum Gasteiger partial charge on any atom is -0.419 e. The van der Waals surface area contributed by atoms with Gasteiger partial charge in [-0.2, -0.15) is 0 Å². The number of aromatic nitrogens is 4. The van der Waals surface area contributed by atoms with Gasteiger partial charge < -0.3 is 4.42 Å². The number of hydrogen-bond acceptors (Lipinski definition) is 8. The van der Waals surface area contributed by atoms with E-state index in [0.717, 1.165) is 15.9 Å². The molecule has 1 atom stereocenters. The second-order valence-electron chi connectivity index (χ2n) is 6.10. The maximum atomic E-state index is 10.8. The summed E-state index contributed by atoms with van der Waals surface area (Å²) < 4.78 is 5.79. The van der Waals surface area contributed by atoms with Crippen LogP contribution >= 0.6 is 11.8 Å². The first-order valence-corrected chi connectivity index (χ1v) is 9.37. The van der Waals surface area contributed by atoms with Gasteiger partial charge in [0.15, 0.2) is 0 Å². The van der Waals surface area contributed by atoms with Crippen molar-refractivity contribution in [3.05, 3.63) is 70.4 Å². The van der Waals surface area contributed by atoms with Gasteiger partial charge in [-0.25, -0.2) is 9.97 Å². The van der Waals surface area contributed by atoms with Gasteiger partial charge in [-0.3, -0.25) is 10.1 Å². The van der Waals surface area contributed by atoms with E-state index in [2.05, 4.69) is 20.2 Å². The summed E-state index contributed by atoms with van der Waals surface area (Å²) in [5.74, 6) is 1.48. The Morgan fingerprint density at radius 2 is 1.82 bits per heavy atom. The smallest absolute Gasteiger partial charge is 0.269 e. The highest BCUT2D eigenvalue weighted by Crippen LogP contribution is 2.37. The molecule has 0 N–H and O–H groups in total. The van der Waals surface area contributed by atoms with Crippen LogP contribution in [0.25, 0.3) is 22.4 Å². The maximum absolute atomic E-state index is 10.8. The van der Waals surface area contributed by atoms with Crippen molar-refractivity contribution in [1.82, 2.24) is 20.2 Å². The molecule has 0 aliphatic rings. The first-order valence-electron chi connectivity index (χ1n) is 8.49. The Morgan fingerprint density at radius 1 is 1.07 bits per heavy atom. The van der Waals surface area contributed by atoms with Gasteiger partial charge in [0.05, 0.1) is 15.7 Å². The Balaban J connectivity index is 1.58. The summed E-state index contributed by atoms with van der Waals surface area (Å²) >= 11 is 1.52. The fourth-order valence-corrected chi connectivity index (χ4v) is 3.72. The van der Waals surface area contributed by atoms with E-state index < -0.39 is 4.92 Å². The third-order valence-corrected chi connectivity index (χ3v) is 5.17. The van der Waals surface area contributed by atoms with Crippen LogP contribution in [0.4, 0.5) is 5.69 Å². The zero-order chi connectivity index (χ0) is 19.7. The molecule has 0 unspecified atom stereocenters. The van der Waals surface area contributed by atoms with Crippen LogP contribution in [0.3, 0.4) is 0 Å². The largest absolute Gasteiger partial charge is 0.419 e. The summed E-state index contributed by atoms with van der Waals surface area (Å²) in [5, 5.41) is 20.7. The molecule has 0 bridgehead atoms. The van der Waals surface area contributed by atoms with Gasteiger partial charge in [0.2, 0.25) is 11.8 Å². The quantitative estimate of drug-likeness (QED) is 0.207. The van der Waals surface area contributed by atoms with E-state index in [9.17, 15) is 10.1 Å². The zero-order valence-electron chi connectivity index (χ0n) is 15.1. The Labute approximate surface area is 164 Å². The molecule has 9 heteroatoms. The summed E-state index contributed by atoms with van der Waals surface area (Å²) in [6, 6.07) is 13.8. The summed E-state index contributed by atoms with van der Waals surface area (Å²) in [6.07, 6.45) is 0. The van der Waals surface area contributed by atoms with E-state index in [0.29, 0.717) is 23.2 Å². The fraction of sp³-hybridized carbons (Fsp3) is 0.158. The van der Waals surface area contributed by atoms with E-state index >= 15 is 0 Å². The summed E-state index contributed by atoms with van der Waals surface area (Å²) in [6.45, 7) is 3.82. The molecule has 140 valence electrons. The van der Waals surface area contributed by atoms with Gasteiger partial charge in [-0.15, -0.1) is 10.2 Å². The minimum absolute atomic E-state index is 0.0124. The molecule has 0 saturated heterocycles. The van der Waals surface area contributed by atoms with Gasteiger partial charge in [-0.05, 0) is 32.0 Å². The SMILES string of the molecule is Cc1nc(S[C@@H](C)c2nnc(-c3ccc([N+](=O)[O-])cc3)o2)c2ccccc2n1. The number of non-ortho nitro benzene ring substituents is 1. The van der Waals surface area contributed by atoms with E-state index in [-0.39, 0.29) is 10.9 Å². The summed E-state index contributed by atoms with van der Waals surface area (Å²) in [5.41, 5.74) is 1.53. The lowest BCUT2D eigenvalue weighted by atomic mass is 10.2. The standard InChI is InChI=1S/C19H15N5O3S/c1-11(28-19-15-5-3-4-6-16(15)20-12(2)21-19)17-22-23-18(27-17)13-7-9-14(10-8-13)24(25)26/h3-11H,1-2H3/t11-/m0/s1. The number of thioether (sulfide) groups is 1. The molecule has 2 aromatic carbocycles. The average Bonchev–Trinajstić information content (AvgIpc) is 3.18. The Kier molecular flexibility index (Phi) is 4.74. The number of nitro benzene ring substituents is 1. The van der Waals surface area contributed by atoms with Gasteiger partial charge >= 0.3 is 0 Å². The molecule has 0 saturated carbocycles. The van der Waals surface area contributed by atoms with E-state index in [4.69, 9.17) is 4.42 Å². The number of fused-ring (bicyclic) bond motifs is 1. The van der Waals surface area contributed by atoms with Crippen molar-refractivity contribution in [3.63, 3.8) is 0 Å². The van der Waals surface area contributed by atoms with Crippen LogP contribution in [-0.2, 0) is 0 Å². The average molecular weight is 393 g/mol. The Bertz CT molecular complexity index is 1160. The van der Waals surface area contributed by atoms with Crippen molar-refractivity contribution in [2.45, 2.75) is 24.1 Å². The molecular formula is C19H15N5O3S. The highest BCUT2D eigenvalue weighted by atomic mass is 32.2. The highest BCUT2D eigenvalue weighted by Gasteiger charge is 2.19. The molecule has 0 fully saturated rings. The molecule has 4 aromatic rings. The molecule has 4 rings (SSSR count). The lowest BCUT2D eigenvalue weighted by Crippen LogP contribution is -1.95. The first-order chi connectivity index (χ1) is 13.5. The predicted molar refractivity (Wildman–Crippen MR) is 105 cm³/mol. The molecule has 2 aromatic heterocycles. The number of nitrogens with zero attached hydrogens (tertiary/aromatic N) is 5. The predicted octanol–water partition coefficient (Wildman–Crippen LogP) is 4.75. The van der Waals surface area contributed by atoms with Gasteiger partial charge in [-0.1, -0.05) is 30.0 Å². The van der Waals surface area contributed by atoms with Crippen LogP contribution in [0.5, 0.6) is 0 Å². The lowest BCUT2D eigenvalue weighted by molar-refractivity contribution is -0.384. The molecule has 8 nitrogen and oxygen atoms in total. The Morgan fingerprint density at radius 3 is 2.57 bits per heavy atom. The van der Waals surface area contributed by atoms with Crippen LogP contribution in [0.15, 0.2) is 58.0 Å². The number of benzene rings is 2. The molecule has 0 amide bonds. The normalized spacial score (nSPS) is 12.2. The van der Waals surface area contributed by atoms with Crippen molar-refractivity contribution >= 4 is 28.4 Å². The van der Waals surface area contributed by atoms with Gasteiger partial charge in [0.25, 0.3) is 5.69 Å². The lowest BCUT2D eigenvalue weighted by Gasteiger charge is -2.09. The van der Waals surface area contributed by atoms with Crippen molar-refractivity contribution < 1.29 is 9.34 Å². The first kappa shape index (κ1) is 18.1. The topological polar surface area (TPSA) is 108 Å².